The van der Waals surface area contributed by atoms with Gasteiger partial charge in [0.15, 0.2) is 5.76 Å². The van der Waals surface area contributed by atoms with Gasteiger partial charge in [-0.1, -0.05) is 12.1 Å². The van der Waals surface area contributed by atoms with E-state index < -0.39 is 0 Å². The normalized spacial score (nSPS) is 11.2. The van der Waals surface area contributed by atoms with Crippen molar-refractivity contribution in [2.75, 3.05) is 6.54 Å². The van der Waals surface area contributed by atoms with Crippen molar-refractivity contribution < 1.29 is 13.6 Å². The molecule has 0 bridgehead atoms. The molecule has 3 heterocycles. The van der Waals surface area contributed by atoms with Crippen molar-refractivity contribution in [1.29, 1.82) is 0 Å². The molecule has 0 saturated carbocycles. The van der Waals surface area contributed by atoms with Crippen LogP contribution in [0.2, 0.25) is 0 Å². The first-order chi connectivity index (χ1) is 13.7. The number of aromatic nitrogens is 5. The van der Waals surface area contributed by atoms with E-state index in [0.717, 1.165) is 18.5 Å². The number of aryl methyl sites for hydroxylation is 1. The van der Waals surface area contributed by atoms with Gasteiger partial charge in [-0.05, 0) is 43.7 Å². The highest BCUT2D eigenvalue weighted by molar-refractivity contribution is 5.97. The monoisotopic (exact) mass is 380 g/mol. The van der Waals surface area contributed by atoms with Gasteiger partial charge < -0.3 is 13.7 Å². The third kappa shape index (κ3) is 3.38. The van der Waals surface area contributed by atoms with Crippen LogP contribution < -0.4 is 0 Å². The van der Waals surface area contributed by atoms with Crippen molar-refractivity contribution in [3.8, 4) is 11.7 Å². The van der Waals surface area contributed by atoms with Crippen LogP contribution in [-0.2, 0) is 13.1 Å². The average Bonchev–Trinajstić information content (AvgIpc) is 3.46. The topological polar surface area (TPSA) is 103 Å². The van der Waals surface area contributed by atoms with Crippen molar-refractivity contribution in [2.24, 2.45) is 0 Å². The molecule has 0 radical (unpaired) electrons. The first-order valence-corrected chi connectivity index (χ1v) is 9.18. The van der Waals surface area contributed by atoms with Crippen LogP contribution in [0.15, 0.2) is 45.4 Å². The molecular weight excluding hydrogens is 360 g/mol. The van der Waals surface area contributed by atoms with Gasteiger partial charge in [0.25, 0.3) is 11.8 Å². The molecule has 4 rings (SSSR count). The van der Waals surface area contributed by atoms with Crippen molar-refractivity contribution in [2.45, 2.75) is 33.4 Å². The molecule has 28 heavy (non-hydrogen) atoms. The maximum Gasteiger partial charge on any atom is 0.283 e. The highest BCUT2D eigenvalue weighted by Crippen LogP contribution is 2.20. The number of hydrogen-bond acceptors (Lipinski definition) is 7. The summed E-state index contributed by atoms with van der Waals surface area (Å²) >= 11 is 0. The van der Waals surface area contributed by atoms with Crippen LogP contribution >= 0.6 is 0 Å². The van der Waals surface area contributed by atoms with Gasteiger partial charge in [-0.3, -0.25) is 4.79 Å². The molecule has 9 heteroatoms. The maximum atomic E-state index is 13.1. The molecule has 0 atom stereocenters. The summed E-state index contributed by atoms with van der Waals surface area (Å²) in [5.74, 6) is 1.02. The Morgan fingerprint density at radius 1 is 1.18 bits per heavy atom. The fraction of sp³-hybridized carbons (Fsp3) is 0.316. The lowest BCUT2D eigenvalue weighted by Crippen LogP contribution is -2.31. The molecule has 0 aliphatic heterocycles. The van der Waals surface area contributed by atoms with Crippen LogP contribution in [0.25, 0.3) is 22.7 Å². The average molecular weight is 380 g/mol. The SMILES string of the molecule is CCCN(Cc1nnc(-c2ccco2)o1)C(=O)c1ccc2c(c1)nnn2CC. The maximum absolute atomic E-state index is 13.1. The van der Waals surface area contributed by atoms with Crippen LogP contribution in [0.1, 0.15) is 36.5 Å². The first kappa shape index (κ1) is 17.9. The Morgan fingerprint density at radius 2 is 2.07 bits per heavy atom. The van der Waals surface area contributed by atoms with Crippen molar-refractivity contribution in [3.63, 3.8) is 0 Å². The minimum atomic E-state index is -0.118. The summed E-state index contributed by atoms with van der Waals surface area (Å²) in [6, 6.07) is 8.92. The zero-order chi connectivity index (χ0) is 19.5. The van der Waals surface area contributed by atoms with Gasteiger partial charge in [0.05, 0.1) is 18.3 Å². The molecule has 3 aromatic heterocycles. The Balaban J connectivity index is 1.56. The Bertz CT molecular complexity index is 1080. The molecule has 0 saturated heterocycles. The smallest absolute Gasteiger partial charge is 0.283 e. The fourth-order valence-electron chi connectivity index (χ4n) is 3.02. The van der Waals surface area contributed by atoms with E-state index >= 15 is 0 Å². The Labute approximate surface area is 160 Å². The summed E-state index contributed by atoms with van der Waals surface area (Å²) in [6.07, 6.45) is 2.34. The second-order valence-corrected chi connectivity index (χ2v) is 6.31. The van der Waals surface area contributed by atoms with Crippen LogP contribution in [-0.4, -0.2) is 42.5 Å². The van der Waals surface area contributed by atoms with E-state index in [-0.39, 0.29) is 12.5 Å². The fourth-order valence-corrected chi connectivity index (χ4v) is 3.02. The van der Waals surface area contributed by atoms with Crippen molar-refractivity contribution in [1.82, 2.24) is 30.1 Å². The molecule has 1 amide bonds. The minimum absolute atomic E-state index is 0.118. The lowest BCUT2D eigenvalue weighted by atomic mass is 10.1. The molecule has 144 valence electrons. The number of hydrogen-bond donors (Lipinski definition) is 0. The Kier molecular flexibility index (Phi) is 4.88. The molecule has 0 spiro atoms. The number of nitrogens with zero attached hydrogens (tertiary/aromatic N) is 6. The molecule has 0 aliphatic carbocycles. The van der Waals surface area contributed by atoms with Gasteiger partial charge in [0.2, 0.25) is 5.89 Å². The third-order valence-corrected chi connectivity index (χ3v) is 4.37. The molecule has 9 nitrogen and oxygen atoms in total. The predicted octanol–water partition coefficient (Wildman–Crippen LogP) is 3.15. The largest absolute Gasteiger partial charge is 0.459 e. The van der Waals surface area contributed by atoms with E-state index in [9.17, 15) is 4.79 Å². The molecule has 4 aromatic rings. The first-order valence-electron chi connectivity index (χ1n) is 9.18. The van der Waals surface area contributed by atoms with Crippen LogP contribution in [0.5, 0.6) is 0 Å². The molecule has 1 aromatic carbocycles. The predicted molar refractivity (Wildman–Crippen MR) is 100 cm³/mol. The number of amides is 1. The standard InChI is InChI=1S/C19H20N6O3/c1-3-9-24(12-17-21-22-18(28-17)16-6-5-10-27-16)19(26)13-7-8-15-14(11-13)20-23-25(15)4-2/h5-8,10-11H,3-4,9,12H2,1-2H3. The summed E-state index contributed by atoms with van der Waals surface area (Å²) in [7, 11) is 0. The van der Waals surface area contributed by atoms with Crippen LogP contribution in [0.3, 0.4) is 0 Å². The zero-order valence-electron chi connectivity index (χ0n) is 15.7. The van der Waals surface area contributed by atoms with Gasteiger partial charge in [0, 0.05) is 18.7 Å². The van der Waals surface area contributed by atoms with Gasteiger partial charge in [0.1, 0.15) is 5.52 Å². The molecule has 0 unspecified atom stereocenters. The van der Waals surface area contributed by atoms with E-state index in [1.807, 2.05) is 19.9 Å². The van der Waals surface area contributed by atoms with Crippen LogP contribution in [0, 0.1) is 0 Å². The Morgan fingerprint density at radius 3 is 2.82 bits per heavy atom. The van der Waals surface area contributed by atoms with E-state index in [4.69, 9.17) is 8.83 Å². The van der Waals surface area contributed by atoms with Gasteiger partial charge in [-0.2, -0.15) is 0 Å². The quantitative estimate of drug-likeness (QED) is 0.485. The zero-order valence-corrected chi connectivity index (χ0v) is 15.7. The number of carbonyl (C=O) groups excluding carboxylic acids is 1. The highest BCUT2D eigenvalue weighted by Gasteiger charge is 2.20. The number of benzene rings is 1. The number of furan rings is 1. The van der Waals surface area contributed by atoms with Crippen LogP contribution in [0.4, 0.5) is 0 Å². The second kappa shape index (κ2) is 7.63. The second-order valence-electron chi connectivity index (χ2n) is 6.31. The summed E-state index contributed by atoms with van der Waals surface area (Å²) in [6.45, 7) is 5.52. The number of fused-ring (bicyclic) bond motifs is 1. The van der Waals surface area contributed by atoms with Crippen molar-refractivity contribution in [3.05, 3.63) is 48.0 Å². The van der Waals surface area contributed by atoms with Gasteiger partial charge >= 0.3 is 0 Å². The van der Waals surface area contributed by atoms with Gasteiger partial charge in [-0.15, -0.1) is 15.3 Å². The van der Waals surface area contributed by atoms with E-state index in [1.54, 1.807) is 33.8 Å². The Hall–Kier alpha value is -3.49. The molecule has 0 fully saturated rings. The van der Waals surface area contributed by atoms with E-state index in [2.05, 4.69) is 20.5 Å². The summed E-state index contributed by atoms with van der Waals surface area (Å²) in [5, 5.41) is 16.3. The lowest BCUT2D eigenvalue weighted by molar-refractivity contribution is 0.0728. The summed E-state index contributed by atoms with van der Waals surface area (Å²) in [5.41, 5.74) is 2.15. The molecule has 0 aliphatic rings. The highest BCUT2D eigenvalue weighted by atomic mass is 16.4. The van der Waals surface area contributed by atoms with Crippen molar-refractivity contribution >= 4 is 16.9 Å². The molecule has 0 N–H and O–H groups in total. The molecular formula is C19H20N6O3. The number of rotatable bonds is 7. The number of carbonyl (C=O) groups is 1. The lowest BCUT2D eigenvalue weighted by Gasteiger charge is -2.20. The van der Waals surface area contributed by atoms with E-state index in [0.29, 0.717) is 35.2 Å². The van der Waals surface area contributed by atoms with E-state index in [1.165, 1.54) is 6.26 Å². The summed E-state index contributed by atoms with van der Waals surface area (Å²) < 4.78 is 12.7. The third-order valence-electron chi connectivity index (χ3n) is 4.37. The summed E-state index contributed by atoms with van der Waals surface area (Å²) in [4.78, 5) is 14.7. The minimum Gasteiger partial charge on any atom is -0.459 e. The van der Waals surface area contributed by atoms with Gasteiger partial charge in [-0.25, -0.2) is 4.68 Å².